The van der Waals surface area contributed by atoms with Crippen molar-refractivity contribution in [3.8, 4) is 0 Å². The van der Waals surface area contributed by atoms with Gasteiger partial charge in [0.15, 0.2) is 0 Å². The quantitative estimate of drug-likeness (QED) is 0.923. The molecule has 0 aliphatic carbocycles. The van der Waals surface area contributed by atoms with Gasteiger partial charge in [-0.3, -0.25) is 9.58 Å². The zero-order valence-electron chi connectivity index (χ0n) is 14.2. The average Bonchev–Trinajstić information content (AvgIpc) is 3.00. The monoisotopic (exact) mass is 313 g/mol. The summed E-state index contributed by atoms with van der Waals surface area (Å²) in [4.78, 5) is 2.55. The summed E-state index contributed by atoms with van der Waals surface area (Å²) in [6.45, 7) is 8.41. The molecule has 1 N–H and O–H groups in total. The Morgan fingerprint density at radius 3 is 2.61 bits per heavy atom. The number of likely N-dealkylation sites (tertiary alicyclic amines) is 1. The zero-order valence-corrected chi connectivity index (χ0v) is 14.2. The Morgan fingerprint density at radius 2 is 1.91 bits per heavy atom. The summed E-state index contributed by atoms with van der Waals surface area (Å²) in [6, 6.07) is 8.91. The number of piperidine rings is 1. The molecule has 1 aromatic carbocycles. The fraction of sp³-hybridized carbons (Fsp3) is 0.526. The normalized spacial score (nSPS) is 16.8. The van der Waals surface area contributed by atoms with Gasteiger partial charge in [-0.1, -0.05) is 18.2 Å². The molecule has 1 saturated heterocycles. The lowest BCUT2D eigenvalue weighted by atomic mass is 9.93. The van der Waals surface area contributed by atoms with Crippen molar-refractivity contribution in [2.24, 2.45) is 0 Å². The van der Waals surface area contributed by atoms with Gasteiger partial charge in [0, 0.05) is 24.4 Å². The second kappa shape index (κ2) is 7.28. The summed E-state index contributed by atoms with van der Waals surface area (Å²) in [7, 11) is 0. The highest BCUT2D eigenvalue weighted by atomic mass is 16.3. The summed E-state index contributed by atoms with van der Waals surface area (Å²) >= 11 is 0. The number of benzene rings is 1. The standard InChI is InChI=1S/C19H27N3O/c1-15-3-4-17(13-16(15)2)14-21-9-6-18(7-10-21)19-5-8-20-22(19)11-12-23/h3-5,8,13,18,23H,6-7,9-12,14H2,1-2H3. The number of aromatic nitrogens is 2. The maximum Gasteiger partial charge on any atom is 0.0644 e. The lowest BCUT2D eigenvalue weighted by molar-refractivity contribution is 0.199. The number of aliphatic hydroxyl groups excluding tert-OH is 1. The van der Waals surface area contributed by atoms with Crippen molar-refractivity contribution in [1.29, 1.82) is 0 Å². The van der Waals surface area contributed by atoms with Gasteiger partial charge in [0.25, 0.3) is 0 Å². The fourth-order valence-corrected chi connectivity index (χ4v) is 3.52. The third-order valence-corrected chi connectivity index (χ3v) is 5.04. The van der Waals surface area contributed by atoms with Crippen LogP contribution in [0.4, 0.5) is 0 Å². The van der Waals surface area contributed by atoms with Crippen LogP contribution < -0.4 is 0 Å². The Bertz CT molecular complexity index is 642. The predicted molar refractivity (Wildman–Crippen MR) is 92.5 cm³/mol. The Kier molecular flexibility index (Phi) is 5.13. The minimum absolute atomic E-state index is 0.153. The number of hydrogen-bond acceptors (Lipinski definition) is 3. The highest BCUT2D eigenvalue weighted by Crippen LogP contribution is 2.28. The number of aliphatic hydroxyl groups is 1. The van der Waals surface area contributed by atoms with E-state index in [1.165, 1.54) is 35.2 Å². The molecule has 23 heavy (non-hydrogen) atoms. The van der Waals surface area contributed by atoms with Crippen molar-refractivity contribution in [3.63, 3.8) is 0 Å². The SMILES string of the molecule is Cc1ccc(CN2CCC(c3ccnn3CCO)CC2)cc1C. The van der Waals surface area contributed by atoms with Crippen LogP contribution in [0.25, 0.3) is 0 Å². The summed E-state index contributed by atoms with van der Waals surface area (Å²) in [5, 5.41) is 13.5. The van der Waals surface area contributed by atoms with E-state index in [4.69, 9.17) is 5.11 Å². The fourth-order valence-electron chi connectivity index (χ4n) is 3.52. The minimum atomic E-state index is 0.153. The molecular weight excluding hydrogens is 286 g/mol. The van der Waals surface area contributed by atoms with Gasteiger partial charge in [0.2, 0.25) is 0 Å². The van der Waals surface area contributed by atoms with Gasteiger partial charge in [0.1, 0.15) is 0 Å². The largest absolute Gasteiger partial charge is 0.394 e. The molecule has 0 unspecified atom stereocenters. The van der Waals surface area contributed by atoms with Crippen molar-refractivity contribution in [2.75, 3.05) is 19.7 Å². The van der Waals surface area contributed by atoms with Crippen LogP contribution in [0.1, 0.15) is 41.1 Å². The molecule has 1 aromatic heterocycles. The van der Waals surface area contributed by atoms with Crippen LogP contribution in [0.2, 0.25) is 0 Å². The maximum atomic E-state index is 9.14. The average molecular weight is 313 g/mol. The molecule has 0 saturated carbocycles. The Labute approximate surface area is 138 Å². The smallest absolute Gasteiger partial charge is 0.0644 e. The van der Waals surface area contributed by atoms with E-state index >= 15 is 0 Å². The second-order valence-corrected chi connectivity index (χ2v) is 6.67. The summed E-state index contributed by atoms with van der Waals surface area (Å²) < 4.78 is 1.96. The molecule has 2 heterocycles. The lowest BCUT2D eigenvalue weighted by Gasteiger charge is -2.32. The number of nitrogens with zero attached hydrogens (tertiary/aromatic N) is 3. The van der Waals surface area contributed by atoms with E-state index in [-0.39, 0.29) is 6.61 Å². The van der Waals surface area contributed by atoms with Crippen LogP contribution in [-0.4, -0.2) is 39.5 Å². The summed E-state index contributed by atoms with van der Waals surface area (Å²) in [5.74, 6) is 0.569. The van der Waals surface area contributed by atoms with E-state index in [2.05, 4.69) is 48.1 Å². The highest BCUT2D eigenvalue weighted by Gasteiger charge is 2.23. The molecule has 4 nitrogen and oxygen atoms in total. The highest BCUT2D eigenvalue weighted by molar-refractivity contribution is 5.29. The molecule has 124 valence electrons. The molecule has 0 atom stereocenters. The van der Waals surface area contributed by atoms with E-state index in [0.717, 1.165) is 19.6 Å². The topological polar surface area (TPSA) is 41.3 Å². The van der Waals surface area contributed by atoms with Crippen molar-refractivity contribution < 1.29 is 5.11 Å². The van der Waals surface area contributed by atoms with Gasteiger partial charge < -0.3 is 5.11 Å². The summed E-state index contributed by atoms with van der Waals surface area (Å²) in [5.41, 5.74) is 5.44. The molecule has 0 bridgehead atoms. The first kappa shape index (κ1) is 16.2. The first-order valence-electron chi connectivity index (χ1n) is 8.58. The first-order chi connectivity index (χ1) is 11.2. The van der Waals surface area contributed by atoms with Crippen molar-refractivity contribution in [3.05, 3.63) is 52.8 Å². The van der Waals surface area contributed by atoms with Crippen LogP contribution in [0, 0.1) is 13.8 Å². The second-order valence-electron chi connectivity index (χ2n) is 6.67. The molecule has 0 amide bonds. The van der Waals surface area contributed by atoms with Gasteiger partial charge >= 0.3 is 0 Å². The minimum Gasteiger partial charge on any atom is -0.394 e. The van der Waals surface area contributed by atoms with Gasteiger partial charge in [-0.2, -0.15) is 5.10 Å². The Hall–Kier alpha value is -1.65. The van der Waals surface area contributed by atoms with E-state index in [9.17, 15) is 0 Å². The molecular formula is C19H27N3O. The molecule has 0 spiro atoms. The maximum absolute atomic E-state index is 9.14. The van der Waals surface area contributed by atoms with Crippen LogP contribution in [-0.2, 0) is 13.1 Å². The van der Waals surface area contributed by atoms with Gasteiger partial charge in [-0.05, 0) is 62.5 Å². The Morgan fingerprint density at radius 1 is 1.13 bits per heavy atom. The van der Waals surface area contributed by atoms with E-state index in [1.807, 2.05) is 10.9 Å². The van der Waals surface area contributed by atoms with Crippen molar-refractivity contribution in [2.45, 2.75) is 45.7 Å². The molecule has 1 aliphatic heterocycles. The molecule has 0 radical (unpaired) electrons. The molecule has 3 rings (SSSR count). The molecule has 2 aromatic rings. The molecule has 4 heteroatoms. The summed E-state index contributed by atoms with van der Waals surface area (Å²) in [6.07, 6.45) is 4.19. The lowest BCUT2D eigenvalue weighted by Crippen LogP contribution is -2.33. The van der Waals surface area contributed by atoms with Crippen molar-refractivity contribution >= 4 is 0 Å². The Balaban J connectivity index is 1.57. The van der Waals surface area contributed by atoms with Gasteiger partial charge in [-0.15, -0.1) is 0 Å². The number of hydrogen-bond donors (Lipinski definition) is 1. The van der Waals surface area contributed by atoms with Crippen LogP contribution in [0.15, 0.2) is 30.5 Å². The number of aryl methyl sites for hydroxylation is 2. The molecule has 1 fully saturated rings. The van der Waals surface area contributed by atoms with Crippen LogP contribution >= 0.6 is 0 Å². The van der Waals surface area contributed by atoms with Crippen LogP contribution in [0.5, 0.6) is 0 Å². The van der Waals surface area contributed by atoms with E-state index in [1.54, 1.807) is 0 Å². The third kappa shape index (κ3) is 3.82. The van der Waals surface area contributed by atoms with Gasteiger partial charge in [0.05, 0.1) is 13.2 Å². The zero-order chi connectivity index (χ0) is 16.2. The van der Waals surface area contributed by atoms with Gasteiger partial charge in [-0.25, -0.2) is 0 Å². The number of rotatable bonds is 5. The van der Waals surface area contributed by atoms with E-state index in [0.29, 0.717) is 12.5 Å². The van der Waals surface area contributed by atoms with Crippen LogP contribution in [0.3, 0.4) is 0 Å². The van der Waals surface area contributed by atoms with E-state index < -0.39 is 0 Å². The predicted octanol–water partition coefficient (Wildman–Crippen LogP) is 2.87. The molecule has 1 aliphatic rings. The van der Waals surface area contributed by atoms with Crippen molar-refractivity contribution in [1.82, 2.24) is 14.7 Å². The first-order valence-corrected chi connectivity index (χ1v) is 8.58. The third-order valence-electron chi connectivity index (χ3n) is 5.04.